The Morgan fingerprint density at radius 2 is 1.95 bits per heavy atom. The molecule has 0 saturated carbocycles. The molecule has 116 valence electrons. The number of carbonyl (C=O) groups is 1. The summed E-state index contributed by atoms with van der Waals surface area (Å²) in [5, 5.41) is 3.08. The van der Waals surface area contributed by atoms with E-state index in [4.69, 9.17) is 4.74 Å². The lowest BCUT2D eigenvalue weighted by Crippen LogP contribution is -2.30. The zero-order valence-corrected chi connectivity index (χ0v) is 13.2. The molecule has 2 aromatic rings. The first-order chi connectivity index (χ1) is 10.6. The fourth-order valence-corrected chi connectivity index (χ4v) is 2.30. The van der Waals surface area contributed by atoms with Gasteiger partial charge in [-0.1, -0.05) is 32.0 Å². The molecule has 4 heteroatoms. The molecule has 2 rings (SSSR count). The van der Waals surface area contributed by atoms with Crippen LogP contribution in [-0.2, 0) is 0 Å². The number of hydrogen-bond donors (Lipinski definition) is 1. The van der Waals surface area contributed by atoms with Crippen LogP contribution < -0.4 is 10.1 Å². The topological polar surface area (TPSA) is 51.2 Å². The Hall–Kier alpha value is -2.36. The first-order valence-corrected chi connectivity index (χ1v) is 7.46. The average molecular weight is 298 g/mol. The van der Waals surface area contributed by atoms with E-state index in [-0.39, 0.29) is 11.9 Å². The molecule has 0 aliphatic heterocycles. The largest absolute Gasteiger partial charge is 0.497 e. The molecule has 22 heavy (non-hydrogen) atoms. The molecule has 1 aromatic carbocycles. The molecule has 0 radical (unpaired) electrons. The maximum Gasteiger partial charge on any atom is 0.251 e. The number of carbonyl (C=O) groups excluding carboxylic acids is 1. The summed E-state index contributed by atoms with van der Waals surface area (Å²) >= 11 is 0. The Kier molecular flexibility index (Phi) is 5.53. The summed E-state index contributed by atoms with van der Waals surface area (Å²) in [6, 6.07) is 12.8. The van der Waals surface area contributed by atoms with Gasteiger partial charge in [0.15, 0.2) is 0 Å². The first-order valence-electron chi connectivity index (χ1n) is 7.46. The molecule has 0 aliphatic rings. The van der Waals surface area contributed by atoms with E-state index >= 15 is 0 Å². The number of nitrogens with zero attached hydrogens (tertiary/aromatic N) is 1. The van der Waals surface area contributed by atoms with Gasteiger partial charge < -0.3 is 10.1 Å². The smallest absolute Gasteiger partial charge is 0.251 e. The second-order valence-corrected chi connectivity index (χ2v) is 5.64. The minimum atomic E-state index is -0.136. The van der Waals surface area contributed by atoms with Gasteiger partial charge in [0.1, 0.15) is 5.75 Å². The van der Waals surface area contributed by atoms with E-state index in [0.717, 1.165) is 17.9 Å². The summed E-state index contributed by atoms with van der Waals surface area (Å²) < 4.78 is 5.25. The van der Waals surface area contributed by atoms with Crippen LogP contribution in [0.25, 0.3) is 0 Å². The lowest BCUT2D eigenvalue weighted by Gasteiger charge is -2.20. The lowest BCUT2D eigenvalue weighted by atomic mass is 10.00. The predicted molar refractivity (Wildman–Crippen MR) is 86.9 cm³/mol. The van der Waals surface area contributed by atoms with Gasteiger partial charge >= 0.3 is 0 Å². The standard InChI is InChI=1S/C18H22N2O2/c1-13(2)11-17(16-12-15(22-3)9-10-19-16)20-18(21)14-7-5-4-6-8-14/h4-10,12-13,17H,11H2,1-3H3,(H,20,21). The van der Waals surface area contributed by atoms with Gasteiger partial charge in [-0.25, -0.2) is 0 Å². The van der Waals surface area contributed by atoms with Crippen LogP contribution in [0, 0.1) is 5.92 Å². The average Bonchev–Trinajstić information content (AvgIpc) is 2.54. The monoisotopic (exact) mass is 298 g/mol. The molecular weight excluding hydrogens is 276 g/mol. The van der Waals surface area contributed by atoms with Crippen LogP contribution in [0.3, 0.4) is 0 Å². The van der Waals surface area contributed by atoms with E-state index in [2.05, 4.69) is 24.1 Å². The molecule has 0 bridgehead atoms. The number of nitrogens with one attached hydrogen (secondary N) is 1. The van der Waals surface area contributed by atoms with Crippen molar-refractivity contribution in [3.05, 3.63) is 59.9 Å². The quantitative estimate of drug-likeness (QED) is 0.886. The van der Waals surface area contributed by atoms with Crippen LogP contribution in [0.15, 0.2) is 48.7 Å². The summed E-state index contributed by atoms with van der Waals surface area (Å²) in [7, 11) is 1.62. The number of amides is 1. The third-order valence-electron chi connectivity index (χ3n) is 3.39. The number of benzene rings is 1. The summed E-state index contributed by atoms with van der Waals surface area (Å²) in [6.07, 6.45) is 2.52. The normalized spacial score (nSPS) is 12.0. The summed E-state index contributed by atoms with van der Waals surface area (Å²) in [6.45, 7) is 4.25. The van der Waals surface area contributed by atoms with Gasteiger partial charge in [0, 0.05) is 17.8 Å². The minimum Gasteiger partial charge on any atom is -0.497 e. The molecule has 0 spiro atoms. The number of pyridine rings is 1. The van der Waals surface area contributed by atoms with E-state index < -0.39 is 0 Å². The van der Waals surface area contributed by atoms with Gasteiger partial charge in [0.25, 0.3) is 5.91 Å². The van der Waals surface area contributed by atoms with Crippen LogP contribution in [0.1, 0.15) is 42.4 Å². The number of rotatable bonds is 6. The minimum absolute atomic E-state index is 0.0872. The maximum atomic E-state index is 12.4. The Labute approximate surface area is 131 Å². The van der Waals surface area contributed by atoms with Crippen molar-refractivity contribution in [3.63, 3.8) is 0 Å². The molecule has 0 fully saturated rings. The highest BCUT2D eigenvalue weighted by molar-refractivity contribution is 5.94. The fourth-order valence-electron chi connectivity index (χ4n) is 2.30. The summed E-state index contributed by atoms with van der Waals surface area (Å²) in [5.41, 5.74) is 1.47. The van der Waals surface area contributed by atoms with Crippen molar-refractivity contribution < 1.29 is 9.53 Å². The van der Waals surface area contributed by atoms with Crippen LogP contribution in [-0.4, -0.2) is 18.0 Å². The van der Waals surface area contributed by atoms with E-state index in [1.54, 1.807) is 31.5 Å². The van der Waals surface area contributed by atoms with Crippen LogP contribution in [0.5, 0.6) is 5.75 Å². The molecule has 1 amide bonds. The molecule has 1 aromatic heterocycles. The first kappa shape index (κ1) is 16.0. The fraction of sp³-hybridized carbons (Fsp3) is 0.333. The number of hydrogen-bond acceptors (Lipinski definition) is 3. The molecule has 0 saturated heterocycles. The van der Waals surface area contributed by atoms with Gasteiger partial charge in [0.2, 0.25) is 0 Å². The lowest BCUT2D eigenvalue weighted by molar-refractivity contribution is 0.0931. The van der Waals surface area contributed by atoms with E-state index in [1.165, 1.54) is 0 Å². The molecule has 1 heterocycles. The van der Waals surface area contributed by atoms with Gasteiger partial charge in [-0.2, -0.15) is 0 Å². The zero-order chi connectivity index (χ0) is 15.9. The van der Waals surface area contributed by atoms with E-state index in [0.29, 0.717) is 11.5 Å². The van der Waals surface area contributed by atoms with Gasteiger partial charge in [0.05, 0.1) is 18.8 Å². The van der Waals surface area contributed by atoms with Crippen LogP contribution in [0.4, 0.5) is 0 Å². The Balaban J connectivity index is 2.20. The highest BCUT2D eigenvalue weighted by Gasteiger charge is 2.18. The maximum absolute atomic E-state index is 12.4. The SMILES string of the molecule is COc1ccnc(C(CC(C)C)NC(=O)c2ccccc2)c1. The van der Waals surface area contributed by atoms with Gasteiger partial charge in [-0.05, 0) is 30.5 Å². The Morgan fingerprint density at radius 1 is 1.23 bits per heavy atom. The Morgan fingerprint density at radius 3 is 2.59 bits per heavy atom. The highest BCUT2D eigenvalue weighted by atomic mass is 16.5. The van der Waals surface area contributed by atoms with Crippen molar-refractivity contribution in [1.82, 2.24) is 10.3 Å². The van der Waals surface area contributed by atoms with Crippen LogP contribution in [0.2, 0.25) is 0 Å². The highest BCUT2D eigenvalue weighted by Crippen LogP contribution is 2.23. The van der Waals surface area contributed by atoms with Crippen molar-refractivity contribution >= 4 is 5.91 Å². The second kappa shape index (κ2) is 7.59. The third-order valence-corrected chi connectivity index (χ3v) is 3.39. The van der Waals surface area contributed by atoms with Gasteiger partial charge in [-0.3, -0.25) is 9.78 Å². The number of ether oxygens (including phenoxy) is 1. The molecule has 0 aliphatic carbocycles. The van der Waals surface area contributed by atoms with Crippen molar-refractivity contribution in [2.45, 2.75) is 26.3 Å². The molecule has 1 unspecified atom stereocenters. The predicted octanol–water partition coefficient (Wildman–Crippen LogP) is 3.61. The van der Waals surface area contributed by atoms with Crippen molar-refractivity contribution in [1.29, 1.82) is 0 Å². The number of aromatic nitrogens is 1. The molecule has 1 atom stereocenters. The van der Waals surface area contributed by atoms with E-state index in [9.17, 15) is 4.79 Å². The van der Waals surface area contributed by atoms with Crippen molar-refractivity contribution in [2.75, 3.05) is 7.11 Å². The molecule has 1 N–H and O–H groups in total. The number of methoxy groups -OCH3 is 1. The van der Waals surface area contributed by atoms with Gasteiger partial charge in [-0.15, -0.1) is 0 Å². The van der Waals surface area contributed by atoms with Crippen molar-refractivity contribution in [3.8, 4) is 5.75 Å². The van der Waals surface area contributed by atoms with Crippen LogP contribution >= 0.6 is 0 Å². The van der Waals surface area contributed by atoms with Crippen molar-refractivity contribution in [2.24, 2.45) is 5.92 Å². The molecular formula is C18H22N2O2. The molecule has 4 nitrogen and oxygen atoms in total. The summed E-state index contributed by atoms with van der Waals surface area (Å²) in [4.78, 5) is 16.8. The zero-order valence-electron chi connectivity index (χ0n) is 13.2. The van der Waals surface area contributed by atoms with E-state index in [1.807, 2.05) is 24.3 Å². The third kappa shape index (κ3) is 4.32. The Bertz CT molecular complexity index is 611. The second-order valence-electron chi connectivity index (χ2n) is 5.64. The summed E-state index contributed by atoms with van der Waals surface area (Å²) in [5.74, 6) is 1.10.